The summed E-state index contributed by atoms with van der Waals surface area (Å²) in [6, 6.07) is 9.01. The van der Waals surface area contributed by atoms with Crippen LogP contribution in [0.3, 0.4) is 0 Å². The van der Waals surface area contributed by atoms with Crippen LogP contribution < -0.4 is 10.6 Å². The van der Waals surface area contributed by atoms with Crippen LogP contribution in [0, 0.1) is 0 Å². The molecule has 2 rings (SSSR count). The Kier molecular flexibility index (Phi) is 10.3. The first-order valence-electron chi connectivity index (χ1n) is 10.9. The van der Waals surface area contributed by atoms with E-state index in [1.165, 1.54) is 17.5 Å². The van der Waals surface area contributed by atoms with Gasteiger partial charge in [0, 0.05) is 31.5 Å². The number of benzene rings is 1. The fourth-order valence-electron chi connectivity index (χ4n) is 3.37. The molecule has 6 heteroatoms. The zero-order valence-electron chi connectivity index (χ0n) is 18.6. The lowest BCUT2D eigenvalue weighted by Crippen LogP contribution is -2.42. The summed E-state index contributed by atoms with van der Waals surface area (Å²) >= 11 is 0. The Morgan fingerprint density at radius 3 is 2.69 bits per heavy atom. The summed E-state index contributed by atoms with van der Waals surface area (Å²) in [5, 5.41) is 6.93. The monoisotopic (exact) mass is 398 g/mol. The maximum Gasteiger partial charge on any atom is 0.191 e. The highest BCUT2D eigenvalue weighted by Gasteiger charge is 2.07. The van der Waals surface area contributed by atoms with Crippen LogP contribution in [0.15, 0.2) is 48.0 Å². The van der Waals surface area contributed by atoms with Crippen LogP contribution in [0.1, 0.15) is 51.7 Å². The molecule has 0 spiro atoms. The lowest BCUT2D eigenvalue weighted by atomic mass is 10.1. The van der Waals surface area contributed by atoms with Crippen molar-refractivity contribution in [3.8, 4) is 0 Å². The number of hydrogen-bond donors (Lipinski definition) is 2. The van der Waals surface area contributed by atoms with E-state index in [4.69, 9.17) is 4.99 Å². The zero-order valence-corrected chi connectivity index (χ0v) is 18.6. The lowest BCUT2D eigenvalue weighted by molar-refractivity contribution is 0.292. The van der Waals surface area contributed by atoms with Crippen molar-refractivity contribution in [2.24, 2.45) is 4.99 Å². The number of rotatable bonds is 12. The Labute approximate surface area is 176 Å². The minimum Gasteiger partial charge on any atom is -0.357 e. The number of nitrogens with one attached hydrogen (secondary N) is 2. The summed E-state index contributed by atoms with van der Waals surface area (Å²) < 4.78 is 2.08. The molecular weight excluding hydrogens is 360 g/mol. The molecule has 0 amide bonds. The summed E-state index contributed by atoms with van der Waals surface area (Å²) in [5.74, 6) is 0.892. The summed E-state index contributed by atoms with van der Waals surface area (Å²) in [5.41, 5.74) is 2.48. The van der Waals surface area contributed by atoms with Gasteiger partial charge in [-0.1, -0.05) is 38.1 Å². The van der Waals surface area contributed by atoms with Crippen LogP contribution in [0.4, 0.5) is 0 Å². The zero-order chi connectivity index (χ0) is 20.9. The molecule has 0 fully saturated rings. The molecule has 2 aromatic rings. The van der Waals surface area contributed by atoms with Crippen LogP contribution in [0.2, 0.25) is 0 Å². The summed E-state index contributed by atoms with van der Waals surface area (Å²) in [6.07, 6.45) is 7.98. The van der Waals surface area contributed by atoms with Crippen molar-refractivity contribution >= 4 is 5.96 Å². The number of hydrogen-bond acceptors (Lipinski definition) is 3. The predicted octanol–water partition coefficient (Wildman–Crippen LogP) is 3.50. The molecule has 0 saturated carbocycles. The van der Waals surface area contributed by atoms with Gasteiger partial charge >= 0.3 is 0 Å². The molecule has 0 radical (unpaired) electrons. The summed E-state index contributed by atoms with van der Waals surface area (Å²) in [6.45, 7) is 14.6. The average molecular weight is 399 g/mol. The third kappa shape index (κ3) is 8.69. The molecule has 2 N–H and O–H groups in total. The van der Waals surface area contributed by atoms with Crippen molar-refractivity contribution in [3.63, 3.8) is 0 Å². The standard InChI is InChI=1S/C23H38N6/c1-5-25-23(27-20(4)10-9-14-28(6-2)7-3)26-17-21-11-8-12-22(16-21)18-29-15-13-24-19-29/h8,11-13,15-16,19-20H,5-7,9-10,14,17-18H2,1-4H3,(H2,25,26,27). The highest BCUT2D eigenvalue weighted by molar-refractivity contribution is 5.80. The Morgan fingerprint density at radius 1 is 1.21 bits per heavy atom. The Hall–Kier alpha value is -2.34. The molecule has 1 aromatic heterocycles. The molecule has 29 heavy (non-hydrogen) atoms. The summed E-state index contributed by atoms with van der Waals surface area (Å²) in [7, 11) is 0. The minimum atomic E-state index is 0.399. The van der Waals surface area contributed by atoms with Crippen molar-refractivity contribution in [2.75, 3.05) is 26.2 Å². The normalized spacial score (nSPS) is 12.9. The van der Waals surface area contributed by atoms with E-state index >= 15 is 0 Å². The molecule has 6 nitrogen and oxygen atoms in total. The SMILES string of the molecule is CCNC(=NCc1cccc(Cn2ccnc2)c1)NC(C)CCCN(CC)CC. The van der Waals surface area contributed by atoms with Crippen LogP contribution in [0.25, 0.3) is 0 Å². The van der Waals surface area contributed by atoms with Crippen molar-refractivity contribution in [3.05, 3.63) is 54.1 Å². The van der Waals surface area contributed by atoms with E-state index in [-0.39, 0.29) is 0 Å². The van der Waals surface area contributed by atoms with Crippen LogP contribution >= 0.6 is 0 Å². The number of aliphatic imine (C=N–C) groups is 1. The molecule has 1 aromatic carbocycles. The first-order valence-corrected chi connectivity index (χ1v) is 10.9. The Bertz CT molecular complexity index is 706. The average Bonchev–Trinajstić information content (AvgIpc) is 3.23. The number of aromatic nitrogens is 2. The Balaban J connectivity index is 1.87. The quantitative estimate of drug-likeness (QED) is 0.424. The van der Waals surface area contributed by atoms with Gasteiger partial charge in [0.25, 0.3) is 0 Å². The molecule has 1 atom stereocenters. The maximum absolute atomic E-state index is 4.80. The predicted molar refractivity (Wildman–Crippen MR) is 122 cm³/mol. The van der Waals surface area contributed by atoms with E-state index in [0.29, 0.717) is 12.6 Å². The summed E-state index contributed by atoms with van der Waals surface area (Å²) in [4.78, 5) is 11.4. The molecule has 0 saturated heterocycles. The van der Waals surface area contributed by atoms with Crippen LogP contribution in [-0.4, -0.2) is 52.6 Å². The number of nitrogens with zero attached hydrogens (tertiary/aromatic N) is 4. The van der Waals surface area contributed by atoms with E-state index in [1.807, 2.05) is 18.7 Å². The smallest absolute Gasteiger partial charge is 0.191 e. The van der Waals surface area contributed by atoms with Gasteiger partial charge < -0.3 is 20.1 Å². The van der Waals surface area contributed by atoms with Crippen molar-refractivity contribution in [2.45, 2.75) is 59.7 Å². The second-order valence-corrected chi connectivity index (χ2v) is 7.46. The molecule has 160 valence electrons. The van der Waals surface area contributed by atoms with Crippen molar-refractivity contribution in [1.82, 2.24) is 25.1 Å². The fraction of sp³-hybridized carbons (Fsp3) is 0.565. The van der Waals surface area contributed by atoms with Crippen molar-refractivity contribution in [1.29, 1.82) is 0 Å². The molecule has 1 unspecified atom stereocenters. The van der Waals surface area contributed by atoms with Gasteiger partial charge in [-0.2, -0.15) is 0 Å². The van der Waals surface area contributed by atoms with E-state index < -0.39 is 0 Å². The van der Waals surface area contributed by atoms with Gasteiger partial charge in [-0.3, -0.25) is 0 Å². The van der Waals surface area contributed by atoms with Gasteiger partial charge in [0.05, 0.1) is 12.9 Å². The van der Waals surface area contributed by atoms with Gasteiger partial charge in [-0.15, -0.1) is 0 Å². The van der Waals surface area contributed by atoms with Gasteiger partial charge in [-0.05, 0) is 57.5 Å². The third-order valence-corrected chi connectivity index (χ3v) is 5.07. The van der Waals surface area contributed by atoms with Crippen LogP contribution in [-0.2, 0) is 13.1 Å². The van der Waals surface area contributed by atoms with Gasteiger partial charge in [0.15, 0.2) is 5.96 Å². The molecular formula is C23H38N6. The Morgan fingerprint density at radius 2 is 2.00 bits per heavy atom. The lowest BCUT2D eigenvalue weighted by Gasteiger charge is -2.21. The van der Waals surface area contributed by atoms with Gasteiger partial charge in [0.1, 0.15) is 0 Å². The second-order valence-electron chi connectivity index (χ2n) is 7.46. The van der Waals surface area contributed by atoms with E-state index in [9.17, 15) is 0 Å². The number of guanidine groups is 1. The molecule has 0 aliphatic heterocycles. The maximum atomic E-state index is 4.80. The molecule has 0 bridgehead atoms. The van der Waals surface area contributed by atoms with Gasteiger partial charge in [0.2, 0.25) is 0 Å². The fourth-order valence-corrected chi connectivity index (χ4v) is 3.37. The first kappa shape index (κ1) is 22.9. The van der Waals surface area contributed by atoms with E-state index in [0.717, 1.165) is 45.1 Å². The highest BCUT2D eigenvalue weighted by atomic mass is 15.2. The molecule has 0 aliphatic rings. The largest absolute Gasteiger partial charge is 0.357 e. The topological polar surface area (TPSA) is 57.5 Å². The van der Waals surface area contributed by atoms with E-state index in [2.05, 4.69) is 77.0 Å². The van der Waals surface area contributed by atoms with E-state index in [1.54, 1.807) is 0 Å². The molecule has 1 heterocycles. The number of imidazole rings is 1. The third-order valence-electron chi connectivity index (χ3n) is 5.07. The highest BCUT2D eigenvalue weighted by Crippen LogP contribution is 2.09. The van der Waals surface area contributed by atoms with Crippen molar-refractivity contribution < 1.29 is 0 Å². The van der Waals surface area contributed by atoms with Crippen LogP contribution in [0.5, 0.6) is 0 Å². The van der Waals surface area contributed by atoms with Gasteiger partial charge in [-0.25, -0.2) is 9.98 Å². The molecule has 0 aliphatic carbocycles. The minimum absolute atomic E-state index is 0.399. The second kappa shape index (κ2) is 13.0. The first-order chi connectivity index (χ1) is 14.1.